The Kier molecular flexibility index (Phi) is 5.47. The van der Waals surface area contributed by atoms with Crippen LogP contribution in [0.3, 0.4) is 0 Å². The van der Waals surface area contributed by atoms with Crippen LogP contribution in [0.2, 0.25) is 0 Å². The molecule has 2 nitrogen and oxygen atoms in total. The zero-order valence-electron chi connectivity index (χ0n) is 13.7. The molecule has 1 saturated heterocycles. The first-order chi connectivity index (χ1) is 9.56. The molecule has 1 aromatic carbocycles. The standard InChI is InChI=1S/C18H30N2/c1-15(2)6-5-9-19-10-12-20(13-11-19)18-14-16(3)7-8-17(18)4/h7-8,14-15H,5-6,9-13H2,1-4H3. The van der Waals surface area contributed by atoms with Crippen molar-refractivity contribution < 1.29 is 0 Å². The summed E-state index contributed by atoms with van der Waals surface area (Å²) in [4.78, 5) is 5.19. The van der Waals surface area contributed by atoms with E-state index in [0.717, 1.165) is 5.92 Å². The molecule has 1 aliphatic heterocycles. The van der Waals surface area contributed by atoms with Gasteiger partial charge >= 0.3 is 0 Å². The lowest BCUT2D eigenvalue weighted by atomic mass is 10.1. The molecule has 1 aliphatic rings. The maximum absolute atomic E-state index is 2.63. The third-order valence-corrected chi connectivity index (χ3v) is 4.33. The van der Waals surface area contributed by atoms with Crippen LogP contribution in [0.1, 0.15) is 37.8 Å². The summed E-state index contributed by atoms with van der Waals surface area (Å²) in [6, 6.07) is 6.80. The minimum Gasteiger partial charge on any atom is -0.369 e. The molecule has 0 spiro atoms. The van der Waals surface area contributed by atoms with Gasteiger partial charge in [-0.2, -0.15) is 0 Å². The number of hydrogen-bond donors (Lipinski definition) is 0. The molecule has 1 aromatic rings. The lowest BCUT2D eigenvalue weighted by Crippen LogP contribution is -2.46. The Labute approximate surface area is 124 Å². The molecule has 112 valence electrons. The van der Waals surface area contributed by atoms with Gasteiger partial charge < -0.3 is 4.90 Å². The van der Waals surface area contributed by atoms with Gasteiger partial charge in [-0.25, -0.2) is 0 Å². The molecular formula is C18H30N2. The average molecular weight is 274 g/mol. The number of rotatable bonds is 5. The van der Waals surface area contributed by atoms with E-state index in [2.05, 4.69) is 55.7 Å². The van der Waals surface area contributed by atoms with E-state index in [9.17, 15) is 0 Å². The van der Waals surface area contributed by atoms with Gasteiger partial charge in [0.15, 0.2) is 0 Å². The van der Waals surface area contributed by atoms with Crippen molar-refractivity contribution in [3.63, 3.8) is 0 Å². The quantitative estimate of drug-likeness (QED) is 0.804. The SMILES string of the molecule is Cc1ccc(C)c(N2CCN(CCCC(C)C)CC2)c1. The van der Waals surface area contributed by atoms with E-state index in [1.807, 2.05) is 0 Å². The summed E-state index contributed by atoms with van der Waals surface area (Å²) in [7, 11) is 0. The van der Waals surface area contributed by atoms with Crippen molar-refractivity contribution in [3.8, 4) is 0 Å². The maximum atomic E-state index is 2.63. The Morgan fingerprint density at radius 2 is 1.75 bits per heavy atom. The Hall–Kier alpha value is -1.02. The van der Waals surface area contributed by atoms with Gasteiger partial charge in [-0.3, -0.25) is 4.90 Å². The number of piperazine rings is 1. The zero-order valence-corrected chi connectivity index (χ0v) is 13.7. The zero-order chi connectivity index (χ0) is 14.5. The molecule has 0 atom stereocenters. The molecular weight excluding hydrogens is 244 g/mol. The number of nitrogens with zero attached hydrogens (tertiary/aromatic N) is 2. The molecule has 2 rings (SSSR count). The van der Waals surface area contributed by atoms with Crippen molar-refractivity contribution in [1.29, 1.82) is 0 Å². The highest BCUT2D eigenvalue weighted by molar-refractivity contribution is 5.55. The van der Waals surface area contributed by atoms with Gasteiger partial charge in [0.25, 0.3) is 0 Å². The predicted molar refractivity (Wildman–Crippen MR) is 88.6 cm³/mol. The van der Waals surface area contributed by atoms with Crippen LogP contribution in [0, 0.1) is 19.8 Å². The fraction of sp³-hybridized carbons (Fsp3) is 0.667. The number of aryl methyl sites for hydroxylation is 2. The van der Waals surface area contributed by atoms with Crippen molar-refractivity contribution in [1.82, 2.24) is 4.90 Å². The van der Waals surface area contributed by atoms with Gasteiger partial charge in [0, 0.05) is 31.9 Å². The van der Waals surface area contributed by atoms with E-state index >= 15 is 0 Å². The summed E-state index contributed by atoms with van der Waals surface area (Å²) in [6.07, 6.45) is 2.71. The Bertz CT molecular complexity index is 417. The minimum atomic E-state index is 0.839. The van der Waals surface area contributed by atoms with Gasteiger partial charge in [0.05, 0.1) is 0 Å². The molecule has 0 radical (unpaired) electrons. The van der Waals surface area contributed by atoms with Crippen LogP contribution in [-0.4, -0.2) is 37.6 Å². The number of hydrogen-bond acceptors (Lipinski definition) is 2. The van der Waals surface area contributed by atoms with E-state index in [4.69, 9.17) is 0 Å². The second-order valence-corrected chi connectivity index (χ2v) is 6.65. The highest BCUT2D eigenvalue weighted by Gasteiger charge is 2.18. The average Bonchev–Trinajstić information content (AvgIpc) is 2.42. The summed E-state index contributed by atoms with van der Waals surface area (Å²) in [5, 5.41) is 0. The fourth-order valence-corrected chi connectivity index (χ4v) is 3.00. The van der Waals surface area contributed by atoms with E-state index in [1.165, 1.54) is 62.4 Å². The van der Waals surface area contributed by atoms with Crippen molar-refractivity contribution in [2.75, 3.05) is 37.6 Å². The molecule has 1 heterocycles. The maximum Gasteiger partial charge on any atom is 0.0399 e. The third-order valence-electron chi connectivity index (χ3n) is 4.33. The Balaban J connectivity index is 1.83. The smallest absolute Gasteiger partial charge is 0.0399 e. The highest BCUT2D eigenvalue weighted by atomic mass is 15.3. The molecule has 0 saturated carbocycles. The fourth-order valence-electron chi connectivity index (χ4n) is 3.00. The van der Waals surface area contributed by atoms with E-state index in [0.29, 0.717) is 0 Å². The molecule has 0 bridgehead atoms. The van der Waals surface area contributed by atoms with Crippen LogP contribution < -0.4 is 4.90 Å². The predicted octanol–water partition coefficient (Wildman–Crippen LogP) is 3.86. The second-order valence-electron chi connectivity index (χ2n) is 6.65. The molecule has 0 aliphatic carbocycles. The third kappa shape index (κ3) is 4.24. The van der Waals surface area contributed by atoms with Gasteiger partial charge in [0.1, 0.15) is 0 Å². The van der Waals surface area contributed by atoms with Crippen molar-refractivity contribution >= 4 is 5.69 Å². The van der Waals surface area contributed by atoms with E-state index in [1.54, 1.807) is 0 Å². The Morgan fingerprint density at radius 3 is 2.40 bits per heavy atom. The molecule has 1 fully saturated rings. The molecule has 0 amide bonds. The van der Waals surface area contributed by atoms with Crippen LogP contribution in [0.25, 0.3) is 0 Å². The van der Waals surface area contributed by atoms with Crippen LogP contribution in [0.15, 0.2) is 18.2 Å². The molecule has 2 heteroatoms. The van der Waals surface area contributed by atoms with Gasteiger partial charge in [-0.15, -0.1) is 0 Å². The summed E-state index contributed by atoms with van der Waals surface area (Å²) >= 11 is 0. The van der Waals surface area contributed by atoms with Crippen LogP contribution >= 0.6 is 0 Å². The van der Waals surface area contributed by atoms with Crippen LogP contribution in [-0.2, 0) is 0 Å². The summed E-state index contributed by atoms with van der Waals surface area (Å²) in [6.45, 7) is 15.1. The summed E-state index contributed by atoms with van der Waals surface area (Å²) in [5.41, 5.74) is 4.21. The molecule has 0 N–H and O–H groups in total. The van der Waals surface area contributed by atoms with E-state index in [-0.39, 0.29) is 0 Å². The minimum absolute atomic E-state index is 0.839. The van der Waals surface area contributed by atoms with Crippen LogP contribution in [0.4, 0.5) is 5.69 Å². The van der Waals surface area contributed by atoms with Crippen molar-refractivity contribution in [3.05, 3.63) is 29.3 Å². The normalized spacial score (nSPS) is 16.9. The Morgan fingerprint density at radius 1 is 1.05 bits per heavy atom. The van der Waals surface area contributed by atoms with Crippen molar-refractivity contribution in [2.24, 2.45) is 5.92 Å². The first-order valence-corrected chi connectivity index (χ1v) is 8.11. The van der Waals surface area contributed by atoms with Crippen molar-refractivity contribution in [2.45, 2.75) is 40.5 Å². The monoisotopic (exact) mass is 274 g/mol. The first kappa shape index (κ1) is 15.4. The summed E-state index contributed by atoms with van der Waals surface area (Å²) in [5.74, 6) is 0.839. The second kappa shape index (κ2) is 7.12. The lowest BCUT2D eigenvalue weighted by molar-refractivity contribution is 0.248. The molecule has 20 heavy (non-hydrogen) atoms. The largest absolute Gasteiger partial charge is 0.369 e. The summed E-state index contributed by atoms with van der Waals surface area (Å²) < 4.78 is 0. The number of benzene rings is 1. The first-order valence-electron chi connectivity index (χ1n) is 8.11. The topological polar surface area (TPSA) is 6.48 Å². The lowest BCUT2D eigenvalue weighted by Gasteiger charge is -2.37. The molecule has 0 aromatic heterocycles. The van der Waals surface area contributed by atoms with Crippen LogP contribution in [0.5, 0.6) is 0 Å². The van der Waals surface area contributed by atoms with Gasteiger partial charge in [-0.1, -0.05) is 26.0 Å². The molecule has 0 unspecified atom stereocenters. The van der Waals surface area contributed by atoms with E-state index < -0.39 is 0 Å². The number of anilines is 1. The van der Waals surface area contributed by atoms with Gasteiger partial charge in [0.2, 0.25) is 0 Å². The highest BCUT2D eigenvalue weighted by Crippen LogP contribution is 2.22. The van der Waals surface area contributed by atoms with Gasteiger partial charge in [-0.05, 0) is 56.3 Å².